The van der Waals surface area contributed by atoms with Crippen molar-refractivity contribution in [2.24, 2.45) is 0 Å². The Kier molecular flexibility index (Phi) is 6.33. The third kappa shape index (κ3) is 5.50. The summed E-state index contributed by atoms with van der Waals surface area (Å²) in [5.41, 5.74) is 0.331. The number of rotatable bonds is 2. The number of carboxylic acids is 1. The summed E-state index contributed by atoms with van der Waals surface area (Å²) in [4.78, 5) is 12.7. The van der Waals surface area contributed by atoms with Gasteiger partial charge in [0.15, 0.2) is 0 Å². The smallest absolute Gasteiger partial charge is 0.335 e. The van der Waals surface area contributed by atoms with E-state index in [1.807, 2.05) is 0 Å². The van der Waals surface area contributed by atoms with Gasteiger partial charge in [-0.2, -0.15) is 0 Å². The van der Waals surface area contributed by atoms with Crippen molar-refractivity contribution in [3.8, 4) is 0 Å². The van der Waals surface area contributed by atoms with Crippen LogP contribution in [0.4, 0.5) is 0 Å². The molecule has 0 spiro atoms. The minimum Gasteiger partial charge on any atom is -0.478 e. The third-order valence-corrected chi connectivity index (χ3v) is 2.92. The van der Waals surface area contributed by atoms with Gasteiger partial charge in [-0.25, -0.2) is 4.79 Å². The number of hydrogen-bond donors (Lipinski definition) is 1. The van der Waals surface area contributed by atoms with Gasteiger partial charge < -0.3 is 10.0 Å². The number of aromatic carboxylic acids is 1. The SMILES string of the molecule is CCN1CCCCC1.O=C(O)c1ccccc1. The number of piperidine rings is 1. The summed E-state index contributed by atoms with van der Waals surface area (Å²) in [6.45, 7) is 6.18. The van der Waals surface area contributed by atoms with E-state index >= 15 is 0 Å². The summed E-state index contributed by atoms with van der Waals surface area (Å²) in [7, 11) is 0. The fraction of sp³-hybridized carbons (Fsp3) is 0.500. The van der Waals surface area contributed by atoms with Crippen LogP contribution >= 0.6 is 0 Å². The standard InChI is InChI=1S/C7H15N.C7H6O2/c1-2-8-6-4-3-5-7-8;8-7(9)6-4-2-1-3-5-6/h2-7H2,1H3;1-5H,(H,8,9). The zero-order valence-corrected chi connectivity index (χ0v) is 10.4. The van der Waals surface area contributed by atoms with Gasteiger partial charge >= 0.3 is 5.97 Å². The summed E-state index contributed by atoms with van der Waals surface area (Å²) >= 11 is 0. The van der Waals surface area contributed by atoms with E-state index in [1.165, 1.54) is 38.9 Å². The first-order valence-electron chi connectivity index (χ1n) is 6.24. The molecule has 1 saturated heterocycles. The highest BCUT2D eigenvalue weighted by molar-refractivity contribution is 5.87. The van der Waals surface area contributed by atoms with Crippen LogP contribution < -0.4 is 0 Å². The molecule has 1 aliphatic rings. The Balaban J connectivity index is 0.000000171. The number of hydrogen-bond acceptors (Lipinski definition) is 2. The molecule has 1 heterocycles. The second kappa shape index (κ2) is 7.85. The van der Waals surface area contributed by atoms with Crippen LogP contribution in [0.15, 0.2) is 30.3 Å². The van der Waals surface area contributed by atoms with E-state index in [4.69, 9.17) is 5.11 Å². The highest BCUT2D eigenvalue weighted by Gasteiger charge is 2.05. The van der Waals surface area contributed by atoms with Crippen molar-refractivity contribution in [2.45, 2.75) is 26.2 Å². The predicted octanol–water partition coefficient (Wildman–Crippen LogP) is 2.88. The van der Waals surface area contributed by atoms with Crippen molar-refractivity contribution in [2.75, 3.05) is 19.6 Å². The average molecular weight is 235 g/mol. The summed E-state index contributed by atoms with van der Waals surface area (Å²) in [5.74, 6) is -0.879. The van der Waals surface area contributed by atoms with Gasteiger partial charge in [-0.05, 0) is 44.6 Å². The molecule has 0 atom stereocenters. The van der Waals surface area contributed by atoms with E-state index in [-0.39, 0.29) is 0 Å². The highest BCUT2D eigenvalue weighted by Crippen LogP contribution is 2.06. The first-order chi connectivity index (χ1) is 8.24. The first kappa shape index (κ1) is 13.7. The minimum atomic E-state index is -0.879. The molecule has 0 bridgehead atoms. The molecule has 0 radical (unpaired) electrons. The molecular weight excluding hydrogens is 214 g/mol. The van der Waals surface area contributed by atoms with E-state index < -0.39 is 5.97 Å². The van der Waals surface area contributed by atoms with Gasteiger partial charge in [0.1, 0.15) is 0 Å². The monoisotopic (exact) mass is 235 g/mol. The maximum Gasteiger partial charge on any atom is 0.335 e. The summed E-state index contributed by atoms with van der Waals surface area (Å²) in [5, 5.41) is 8.38. The van der Waals surface area contributed by atoms with Gasteiger partial charge in [0.05, 0.1) is 5.56 Å². The molecule has 0 aliphatic carbocycles. The number of carbonyl (C=O) groups is 1. The van der Waals surface area contributed by atoms with Gasteiger partial charge in [0.2, 0.25) is 0 Å². The quantitative estimate of drug-likeness (QED) is 0.857. The molecule has 3 heteroatoms. The predicted molar refractivity (Wildman–Crippen MR) is 69.4 cm³/mol. The molecule has 0 aromatic heterocycles. The topological polar surface area (TPSA) is 40.5 Å². The van der Waals surface area contributed by atoms with Crippen molar-refractivity contribution in [3.05, 3.63) is 35.9 Å². The molecule has 1 N–H and O–H groups in total. The Morgan fingerprint density at radius 3 is 2.12 bits per heavy atom. The van der Waals surface area contributed by atoms with Crippen molar-refractivity contribution in [1.82, 2.24) is 4.90 Å². The Bertz CT molecular complexity index is 318. The molecule has 0 saturated carbocycles. The molecule has 0 amide bonds. The van der Waals surface area contributed by atoms with Crippen LogP contribution in [-0.4, -0.2) is 35.6 Å². The van der Waals surface area contributed by atoms with Crippen molar-refractivity contribution in [3.63, 3.8) is 0 Å². The normalized spacial score (nSPS) is 15.8. The molecule has 2 rings (SSSR count). The van der Waals surface area contributed by atoms with Gasteiger partial charge in [-0.15, -0.1) is 0 Å². The second-order valence-corrected chi connectivity index (χ2v) is 4.17. The zero-order valence-electron chi connectivity index (χ0n) is 10.4. The summed E-state index contributed by atoms with van der Waals surface area (Å²) in [6.07, 6.45) is 4.30. The fourth-order valence-electron chi connectivity index (χ4n) is 1.86. The molecule has 0 unspecified atom stereocenters. The number of likely N-dealkylation sites (tertiary alicyclic amines) is 1. The van der Waals surface area contributed by atoms with Gasteiger partial charge in [-0.1, -0.05) is 31.5 Å². The lowest BCUT2D eigenvalue weighted by molar-refractivity contribution is 0.0697. The lowest BCUT2D eigenvalue weighted by Gasteiger charge is -2.24. The van der Waals surface area contributed by atoms with Crippen LogP contribution in [0.5, 0.6) is 0 Å². The molecule has 94 valence electrons. The summed E-state index contributed by atoms with van der Waals surface area (Å²) < 4.78 is 0. The first-order valence-corrected chi connectivity index (χ1v) is 6.24. The zero-order chi connectivity index (χ0) is 12.5. The van der Waals surface area contributed by atoms with Crippen LogP contribution in [0.1, 0.15) is 36.5 Å². The highest BCUT2D eigenvalue weighted by atomic mass is 16.4. The molecule has 1 aromatic carbocycles. The third-order valence-electron chi connectivity index (χ3n) is 2.92. The van der Waals surface area contributed by atoms with Crippen LogP contribution in [-0.2, 0) is 0 Å². The molecule has 3 nitrogen and oxygen atoms in total. The lowest BCUT2D eigenvalue weighted by Crippen LogP contribution is -2.29. The van der Waals surface area contributed by atoms with E-state index in [9.17, 15) is 4.79 Å². The fourth-order valence-corrected chi connectivity index (χ4v) is 1.86. The maximum absolute atomic E-state index is 10.2. The van der Waals surface area contributed by atoms with E-state index in [0.29, 0.717) is 5.56 Å². The van der Waals surface area contributed by atoms with Crippen molar-refractivity contribution in [1.29, 1.82) is 0 Å². The Labute approximate surface area is 103 Å². The Morgan fingerprint density at radius 1 is 1.18 bits per heavy atom. The van der Waals surface area contributed by atoms with E-state index in [0.717, 1.165) is 0 Å². The molecule has 1 aromatic rings. The molecule has 17 heavy (non-hydrogen) atoms. The van der Waals surface area contributed by atoms with Gasteiger partial charge in [0.25, 0.3) is 0 Å². The largest absolute Gasteiger partial charge is 0.478 e. The second-order valence-electron chi connectivity index (χ2n) is 4.17. The average Bonchev–Trinajstić information content (AvgIpc) is 2.41. The van der Waals surface area contributed by atoms with Crippen LogP contribution in [0.25, 0.3) is 0 Å². The van der Waals surface area contributed by atoms with Gasteiger partial charge in [-0.3, -0.25) is 0 Å². The van der Waals surface area contributed by atoms with E-state index in [1.54, 1.807) is 30.3 Å². The molecular formula is C14H21NO2. The Hall–Kier alpha value is -1.35. The molecule has 1 fully saturated rings. The minimum absolute atomic E-state index is 0.331. The Morgan fingerprint density at radius 2 is 1.76 bits per heavy atom. The number of nitrogens with zero attached hydrogens (tertiary/aromatic N) is 1. The van der Waals surface area contributed by atoms with E-state index in [2.05, 4.69) is 11.8 Å². The number of carboxylic acid groups (broad SMARTS) is 1. The number of benzene rings is 1. The molecule has 1 aliphatic heterocycles. The van der Waals surface area contributed by atoms with Crippen LogP contribution in [0, 0.1) is 0 Å². The van der Waals surface area contributed by atoms with Gasteiger partial charge in [0, 0.05) is 0 Å². The van der Waals surface area contributed by atoms with Crippen molar-refractivity contribution >= 4 is 5.97 Å². The summed E-state index contributed by atoms with van der Waals surface area (Å²) in [6, 6.07) is 8.30. The maximum atomic E-state index is 10.2. The van der Waals surface area contributed by atoms with Crippen molar-refractivity contribution < 1.29 is 9.90 Å². The lowest BCUT2D eigenvalue weighted by atomic mass is 10.1. The van der Waals surface area contributed by atoms with Crippen LogP contribution in [0.2, 0.25) is 0 Å². The van der Waals surface area contributed by atoms with Crippen LogP contribution in [0.3, 0.4) is 0 Å².